The predicted octanol–water partition coefficient (Wildman–Crippen LogP) is 3.11. The summed E-state index contributed by atoms with van der Waals surface area (Å²) in [4.78, 5) is 12.6. The first-order chi connectivity index (χ1) is 13.6. The highest BCUT2D eigenvalue weighted by molar-refractivity contribution is 6.74. The van der Waals surface area contributed by atoms with Crippen LogP contribution in [0.15, 0.2) is 12.7 Å². The van der Waals surface area contributed by atoms with Gasteiger partial charge in [0, 0.05) is 7.11 Å². The third-order valence-corrected chi connectivity index (χ3v) is 10.8. The Morgan fingerprint density at radius 3 is 2.55 bits per heavy atom. The van der Waals surface area contributed by atoms with E-state index in [-0.39, 0.29) is 23.4 Å². The molecule has 0 aromatic carbocycles. The van der Waals surface area contributed by atoms with E-state index in [2.05, 4.69) is 48.8 Å². The highest BCUT2D eigenvalue weighted by atomic mass is 35.5. The molecule has 0 bridgehead atoms. The lowest BCUT2D eigenvalue weighted by atomic mass is 10.1. The van der Waals surface area contributed by atoms with E-state index in [0.29, 0.717) is 22.9 Å². The van der Waals surface area contributed by atoms with E-state index in [1.807, 2.05) is 0 Å². The summed E-state index contributed by atoms with van der Waals surface area (Å²) in [6.45, 7) is 10.7. The molecular formula is C18H27ClN4O5Si. The number of imidazole rings is 1. The van der Waals surface area contributed by atoms with Gasteiger partial charge in [-0.25, -0.2) is 15.0 Å². The smallest absolute Gasteiger partial charge is 0.272 e. The number of hydrogen-bond acceptors (Lipinski definition) is 8. The summed E-state index contributed by atoms with van der Waals surface area (Å²) in [5.41, 5.74) is 1.08. The van der Waals surface area contributed by atoms with Crippen molar-refractivity contribution in [2.24, 2.45) is 0 Å². The largest absolute Gasteiger partial charge is 0.414 e. The van der Waals surface area contributed by atoms with Crippen molar-refractivity contribution >= 4 is 31.1 Å². The zero-order valence-electron chi connectivity index (χ0n) is 17.5. The van der Waals surface area contributed by atoms with E-state index < -0.39 is 21.0 Å². The minimum atomic E-state index is -1.95. The molecule has 9 nitrogen and oxygen atoms in total. The molecule has 0 aliphatic carbocycles. The summed E-state index contributed by atoms with van der Waals surface area (Å²) >= 11 is 6.15. The minimum Gasteiger partial charge on any atom is -0.414 e. The molecule has 2 aromatic rings. The van der Waals surface area contributed by atoms with E-state index in [1.54, 1.807) is 18.0 Å². The summed E-state index contributed by atoms with van der Waals surface area (Å²) in [6, 6.07) is 0. The normalized spacial score (nSPS) is 30.2. The van der Waals surface area contributed by atoms with Crippen LogP contribution in [0.2, 0.25) is 23.3 Å². The maximum atomic E-state index is 6.39. The Balaban J connectivity index is 1.60. The van der Waals surface area contributed by atoms with Crippen LogP contribution in [0.25, 0.3) is 11.2 Å². The molecule has 2 saturated heterocycles. The van der Waals surface area contributed by atoms with Gasteiger partial charge >= 0.3 is 0 Å². The first-order valence-corrected chi connectivity index (χ1v) is 12.9. The van der Waals surface area contributed by atoms with Crippen LogP contribution in [-0.2, 0) is 23.4 Å². The number of fused-ring (bicyclic) bond motifs is 2. The van der Waals surface area contributed by atoms with Crippen molar-refractivity contribution in [3.63, 3.8) is 0 Å². The second-order valence-electron chi connectivity index (χ2n) is 8.85. The SMILES string of the molecule is COC1O[C@@H]2[C@H](O1)[C@@H](CO[Si](C)(C)C(C)(C)C)O[C@H]2n1cnc2c(Cl)ncnc21. The van der Waals surface area contributed by atoms with E-state index in [1.165, 1.54) is 6.33 Å². The molecule has 0 saturated carbocycles. The lowest BCUT2D eigenvalue weighted by molar-refractivity contribution is -0.256. The first kappa shape index (κ1) is 21.1. The lowest BCUT2D eigenvalue weighted by Crippen LogP contribution is -2.44. The fourth-order valence-corrected chi connectivity index (χ4v) is 4.48. The zero-order chi connectivity index (χ0) is 21.0. The molecule has 5 atom stereocenters. The molecule has 0 spiro atoms. The number of hydrogen-bond donors (Lipinski definition) is 0. The average molecular weight is 443 g/mol. The maximum absolute atomic E-state index is 6.39. The van der Waals surface area contributed by atoms with E-state index in [9.17, 15) is 0 Å². The first-order valence-electron chi connectivity index (χ1n) is 9.58. The molecule has 0 amide bonds. The standard InChI is InChI=1S/C18H27ClN4O5Si/c1-18(2,3)29(5,6)25-7-10-12-13(28-17(24-4)27-12)16(26-10)23-9-22-11-14(19)20-8-21-15(11)23/h8-10,12-13,16-17H,7H2,1-6H3/t10-,12-,13-,16-,17?/m1/s1. The molecule has 2 aliphatic rings. The summed E-state index contributed by atoms with van der Waals surface area (Å²) in [5.74, 6) is 0. The monoisotopic (exact) mass is 442 g/mol. The van der Waals surface area contributed by atoms with Gasteiger partial charge in [-0.3, -0.25) is 4.57 Å². The van der Waals surface area contributed by atoms with Crippen LogP contribution in [-0.4, -0.2) is 66.3 Å². The van der Waals surface area contributed by atoms with Gasteiger partial charge in [0.15, 0.2) is 25.3 Å². The number of nitrogens with zero attached hydrogens (tertiary/aromatic N) is 4. The van der Waals surface area contributed by atoms with Crippen LogP contribution in [0.1, 0.15) is 27.0 Å². The van der Waals surface area contributed by atoms with Crippen LogP contribution < -0.4 is 0 Å². The quantitative estimate of drug-likeness (QED) is 0.515. The third-order valence-electron chi connectivity index (χ3n) is 6.02. The molecule has 160 valence electrons. The molecule has 4 heterocycles. The molecule has 0 radical (unpaired) electrons. The molecule has 4 rings (SSSR count). The fourth-order valence-electron chi connectivity index (χ4n) is 3.29. The summed E-state index contributed by atoms with van der Waals surface area (Å²) < 4.78 is 31.7. The Morgan fingerprint density at radius 2 is 1.86 bits per heavy atom. The van der Waals surface area contributed by atoms with Crippen molar-refractivity contribution in [1.82, 2.24) is 19.5 Å². The highest BCUT2D eigenvalue weighted by Crippen LogP contribution is 2.42. The second kappa shape index (κ2) is 7.52. The Bertz CT molecular complexity index is 889. The second-order valence-corrected chi connectivity index (χ2v) is 14.0. The molecule has 1 unspecified atom stereocenters. The summed E-state index contributed by atoms with van der Waals surface area (Å²) in [5, 5.41) is 0.389. The Kier molecular flexibility index (Phi) is 5.47. The molecule has 29 heavy (non-hydrogen) atoms. The van der Waals surface area contributed by atoms with Crippen molar-refractivity contribution in [3.8, 4) is 0 Å². The zero-order valence-corrected chi connectivity index (χ0v) is 19.2. The van der Waals surface area contributed by atoms with Gasteiger partial charge in [-0.05, 0) is 18.1 Å². The van der Waals surface area contributed by atoms with Gasteiger partial charge in [-0.1, -0.05) is 32.4 Å². The van der Waals surface area contributed by atoms with Gasteiger partial charge in [0.1, 0.15) is 30.2 Å². The van der Waals surface area contributed by atoms with Crippen LogP contribution in [0, 0.1) is 0 Å². The van der Waals surface area contributed by atoms with Gasteiger partial charge in [0.05, 0.1) is 12.9 Å². The van der Waals surface area contributed by atoms with Crippen molar-refractivity contribution < 1.29 is 23.4 Å². The van der Waals surface area contributed by atoms with Crippen molar-refractivity contribution in [1.29, 1.82) is 0 Å². The average Bonchev–Trinajstić information content (AvgIpc) is 3.32. The Morgan fingerprint density at radius 1 is 1.14 bits per heavy atom. The maximum Gasteiger partial charge on any atom is 0.272 e. The molecule has 2 aromatic heterocycles. The number of rotatable bonds is 5. The lowest BCUT2D eigenvalue weighted by Gasteiger charge is -2.37. The van der Waals surface area contributed by atoms with Gasteiger partial charge in [-0.15, -0.1) is 0 Å². The summed E-state index contributed by atoms with van der Waals surface area (Å²) in [6.07, 6.45) is 1.51. The predicted molar refractivity (Wildman–Crippen MR) is 108 cm³/mol. The number of ether oxygens (including phenoxy) is 4. The van der Waals surface area contributed by atoms with E-state index >= 15 is 0 Å². The van der Waals surface area contributed by atoms with Crippen LogP contribution in [0.3, 0.4) is 0 Å². The highest BCUT2D eigenvalue weighted by Gasteiger charge is 2.54. The topological polar surface area (TPSA) is 89.8 Å². The van der Waals surface area contributed by atoms with Gasteiger partial charge in [0.25, 0.3) is 6.48 Å². The fraction of sp³-hybridized carbons (Fsp3) is 0.722. The molecular weight excluding hydrogens is 416 g/mol. The van der Waals surface area contributed by atoms with Gasteiger partial charge < -0.3 is 23.4 Å². The van der Waals surface area contributed by atoms with Gasteiger partial charge in [-0.2, -0.15) is 0 Å². The Hall–Kier alpha value is -1.14. The van der Waals surface area contributed by atoms with E-state index in [0.717, 1.165) is 0 Å². The van der Waals surface area contributed by atoms with Crippen LogP contribution >= 0.6 is 11.6 Å². The number of halogens is 1. The number of aromatic nitrogens is 4. The van der Waals surface area contributed by atoms with Crippen LogP contribution in [0.4, 0.5) is 0 Å². The van der Waals surface area contributed by atoms with Crippen molar-refractivity contribution in [3.05, 3.63) is 17.8 Å². The summed E-state index contributed by atoms with van der Waals surface area (Å²) in [7, 11) is -0.402. The minimum absolute atomic E-state index is 0.0979. The van der Waals surface area contributed by atoms with Crippen molar-refractivity contribution in [2.45, 2.75) is 69.9 Å². The molecule has 2 fully saturated rings. The third kappa shape index (κ3) is 3.71. The molecule has 2 aliphatic heterocycles. The van der Waals surface area contributed by atoms with Crippen LogP contribution in [0.5, 0.6) is 0 Å². The Labute approximate surface area is 175 Å². The molecule has 0 N–H and O–H groups in total. The van der Waals surface area contributed by atoms with Crippen molar-refractivity contribution in [2.75, 3.05) is 13.7 Å². The van der Waals surface area contributed by atoms with E-state index in [4.69, 9.17) is 35.0 Å². The molecule has 11 heteroatoms. The number of methoxy groups -OCH3 is 1. The van der Waals surface area contributed by atoms with Gasteiger partial charge in [0.2, 0.25) is 0 Å².